The maximum atomic E-state index is 11.9. The Balaban J connectivity index is 2.09. The average Bonchev–Trinajstić information content (AvgIpc) is 2.70. The molecule has 0 spiro atoms. The molecule has 0 aliphatic carbocycles. The van der Waals surface area contributed by atoms with E-state index in [1.807, 2.05) is 68.4 Å². The molecule has 7 heteroatoms. The molecule has 0 radical (unpaired) electrons. The second-order valence-corrected chi connectivity index (χ2v) is 5.87. The minimum absolute atomic E-state index is 0.144. The molecule has 7 nitrogen and oxygen atoms in total. The fourth-order valence-corrected chi connectivity index (χ4v) is 2.97. The zero-order chi connectivity index (χ0) is 19.2. The van der Waals surface area contributed by atoms with Gasteiger partial charge in [-0.05, 0) is 37.1 Å². The molecule has 3 aromatic rings. The number of aryl methyl sites for hydroxylation is 1. The van der Waals surface area contributed by atoms with E-state index in [-0.39, 0.29) is 17.3 Å². The van der Waals surface area contributed by atoms with Crippen molar-refractivity contribution in [2.24, 2.45) is 0 Å². The lowest BCUT2D eigenvalue weighted by molar-refractivity contribution is -0.383. The molecule has 1 heterocycles. The lowest BCUT2D eigenvalue weighted by atomic mass is 10.1. The smallest absolute Gasteiger partial charge is 0.334 e. The molecule has 0 saturated heterocycles. The molecule has 0 fully saturated rings. The third-order valence-electron chi connectivity index (χ3n) is 4.28. The Morgan fingerprint density at radius 2 is 1.74 bits per heavy atom. The Morgan fingerprint density at radius 1 is 1.04 bits per heavy atom. The van der Waals surface area contributed by atoms with Gasteiger partial charge < -0.3 is 10.2 Å². The summed E-state index contributed by atoms with van der Waals surface area (Å²) in [6, 6.07) is 17.2. The predicted octanol–water partition coefficient (Wildman–Crippen LogP) is 4.85. The zero-order valence-electron chi connectivity index (χ0n) is 15.3. The summed E-state index contributed by atoms with van der Waals surface area (Å²) in [5, 5.41) is 15.0. The van der Waals surface area contributed by atoms with Gasteiger partial charge in [0.15, 0.2) is 0 Å². The van der Waals surface area contributed by atoms with Crippen LogP contribution in [0.4, 0.5) is 28.7 Å². The molecule has 3 rings (SSSR count). The van der Waals surface area contributed by atoms with E-state index >= 15 is 0 Å². The third kappa shape index (κ3) is 3.87. The largest absolute Gasteiger partial charge is 0.354 e. The predicted molar refractivity (Wildman–Crippen MR) is 107 cm³/mol. The summed E-state index contributed by atoms with van der Waals surface area (Å²) >= 11 is 0. The standard InChI is InChI=1S/C20H21N5O2/c1-3-15-10-8-9-13-17(15)23-19-18(25(26)27)20(22-14-21-19)24(4-2)16-11-6-5-7-12-16/h5-14H,3-4H2,1-2H3,(H,21,22,23). The fourth-order valence-electron chi connectivity index (χ4n) is 2.97. The van der Waals surface area contributed by atoms with E-state index in [0.29, 0.717) is 6.54 Å². The molecule has 0 aliphatic rings. The van der Waals surface area contributed by atoms with Gasteiger partial charge in [0.2, 0.25) is 11.6 Å². The van der Waals surface area contributed by atoms with Crippen molar-refractivity contribution in [1.82, 2.24) is 9.97 Å². The van der Waals surface area contributed by atoms with E-state index in [0.717, 1.165) is 23.4 Å². The van der Waals surface area contributed by atoms with Crippen molar-refractivity contribution in [3.05, 3.63) is 76.6 Å². The fraction of sp³-hybridized carbons (Fsp3) is 0.200. The quantitative estimate of drug-likeness (QED) is 0.477. The summed E-state index contributed by atoms with van der Waals surface area (Å²) in [5.74, 6) is 0.445. The van der Waals surface area contributed by atoms with Gasteiger partial charge in [-0.15, -0.1) is 0 Å². The van der Waals surface area contributed by atoms with Crippen LogP contribution in [0.25, 0.3) is 0 Å². The van der Waals surface area contributed by atoms with Crippen LogP contribution < -0.4 is 10.2 Å². The number of anilines is 4. The van der Waals surface area contributed by atoms with E-state index in [9.17, 15) is 10.1 Å². The first-order valence-corrected chi connectivity index (χ1v) is 8.82. The van der Waals surface area contributed by atoms with Crippen LogP contribution in [0.5, 0.6) is 0 Å². The normalized spacial score (nSPS) is 10.4. The maximum Gasteiger partial charge on any atom is 0.354 e. The summed E-state index contributed by atoms with van der Waals surface area (Å²) in [6.45, 7) is 4.50. The Bertz CT molecular complexity index is 931. The van der Waals surface area contributed by atoms with Crippen LogP contribution in [0.1, 0.15) is 19.4 Å². The van der Waals surface area contributed by atoms with Crippen molar-refractivity contribution >= 4 is 28.7 Å². The zero-order valence-corrected chi connectivity index (χ0v) is 15.3. The van der Waals surface area contributed by atoms with Crippen LogP contribution in [-0.2, 0) is 6.42 Å². The van der Waals surface area contributed by atoms with Crippen molar-refractivity contribution in [2.75, 3.05) is 16.8 Å². The number of nitrogens with one attached hydrogen (secondary N) is 1. The minimum atomic E-state index is -0.433. The Hall–Kier alpha value is -3.48. The number of aromatic nitrogens is 2. The van der Waals surface area contributed by atoms with Crippen molar-refractivity contribution in [3.63, 3.8) is 0 Å². The number of rotatable bonds is 7. The van der Waals surface area contributed by atoms with Crippen LogP contribution in [-0.4, -0.2) is 21.4 Å². The van der Waals surface area contributed by atoms with Gasteiger partial charge in [-0.25, -0.2) is 9.97 Å². The number of benzene rings is 2. The molecule has 27 heavy (non-hydrogen) atoms. The Labute approximate surface area is 157 Å². The Morgan fingerprint density at radius 3 is 2.41 bits per heavy atom. The van der Waals surface area contributed by atoms with Crippen LogP contribution in [0.3, 0.4) is 0 Å². The van der Waals surface area contributed by atoms with Gasteiger partial charge in [-0.3, -0.25) is 10.1 Å². The molecule has 0 unspecified atom stereocenters. The maximum absolute atomic E-state index is 11.9. The van der Waals surface area contributed by atoms with Crippen LogP contribution in [0.15, 0.2) is 60.9 Å². The Kier molecular flexibility index (Phi) is 5.61. The van der Waals surface area contributed by atoms with Crippen LogP contribution in [0, 0.1) is 10.1 Å². The van der Waals surface area contributed by atoms with E-state index in [1.54, 1.807) is 4.90 Å². The molecule has 0 atom stereocenters. The summed E-state index contributed by atoms with van der Waals surface area (Å²) in [4.78, 5) is 21.6. The SMILES string of the molecule is CCc1ccccc1Nc1ncnc(N(CC)c2ccccc2)c1[N+](=O)[O-]. The van der Waals surface area contributed by atoms with Crippen LogP contribution in [0.2, 0.25) is 0 Å². The van der Waals surface area contributed by atoms with E-state index in [1.165, 1.54) is 6.33 Å². The molecule has 0 amide bonds. The summed E-state index contributed by atoms with van der Waals surface area (Å²) in [5.41, 5.74) is 2.55. The van der Waals surface area contributed by atoms with E-state index in [4.69, 9.17) is 0 Å². The van der Waals surface area contributed by atoms with Crippen molar-refractivity contribution in [1.29, 1.82) is 0 Å². The van der Waals surface area contributed by atoms with Crippen LogP contribution >= 0.6 is 0 Å². The molecule has 2 aromatic carbocycles. The summed E-state index contributed by atoms with van der Waals surface area (Å²) in [6.07, 6.45) is 2.16. The van der Waals surface area contributed by atoms with E-state index < -0.39 is 4.92 Å². The highest BCUT2D eigenvalue weighted by Gasteiger charge is 2.27. The molecular formula is C20H21N5O2. The van der Waals surface area contributed by atoms with Gasteiger partial charge in [0.1, 0.15) is 6.33 Å². The lowest BCUT2D eigenvalue weighted by Crippen LogP contribution is -2.19. The molecule has 0 saturated carbocycles. The molecule has 0 aliphatic heterocycles. The van der Waals surface area contributed by atoms with Gasteiger partial charge >= 0.3 is 5.69 Å². The molecular weight excluding hydrogens is 342 g/mol. The monoisotopic (exact) mass is 363 g/mol. The van der Waals surface area contributed by atoms with Gasteiger partial charge in [0.05, 0.1) is 4.92 Å². The van der Waals surface area contributed by atoms with Crippen molar-refractivity contribution < 1.29 is 4.92 Å². The summed E-state index contributed by atoms with van der Waals surface area (Å²) < 4.78 is 0. The number of hydrogen-bond acceptors (Lipinski definition) is 6. The van der Waals surface area contributed by atoms with E-state index in [2.05, 4.69) is 15.3 Å². The number of nitro groups is 1. The second-order valence-electron chi connectivity index (χ2n) is 5.87. The highest BCUT2D eigenvalue weighted by atomic mass is 16.6. The van der Waals surface area contributed by atoms with Gasteiger partial charge in [0, 0.05) is 17.9 Å². The van der Waals surface area contributed by atoms with Gasteiger partial charge in [-0.1, -0.05) is 43.3 Å². The topological polar surface area (TPSA) is 84.2 Å². The first-order chi connectivity index (χ1) is 13.2. The summed E-state index contributed by atoms with van der Waals surface area (Å²) in [7, 11) is 0. The number of nitrogens with zero attached hydrogens (tertiary/aromatic N) is 4. The lowest BCUT2D eigenvalue weighted by Gasteiger charge is -2.22. The molecule has 1 N–H and O–H groups in total. The second kappa shape index (κ2) is 8.27. The molecule has 0 bridgehead atoms. The minimum Gasteiger partial charge on any atom is -0.334 e. The first kappa shape index (κ1) is 18.3. The first-order valence-electron chi connectivity index (χ1n) is 8.82. The van der Waals surface area contributed by atoms with Gasteiger partial charge in [-0.2, -0.15) is 0 Å². The highest BCUT2D eigenvalue weighted by molar-refractivity contribution is 5.78. The number of hydrogen-bond donors (Lipinski definition) is 1. The van der Waals surface area contributed by atoms with Crippen molar-refractivity contribution in [2.45, 2.75) is 20.3 Å². The highest BCUT2D eigenvalue weighted by Crippen LogP contribution is 2.37. The third-order valence-corrected chi connectivity index (χ3v) is 4.28. The van der Waals surface area contributed by atoms with Gasteiger partial charge in [0.25, 0.3) is 0 Å². The average molecular weight is 363 g/mol. The number of para-hydroxylation sites is 2. The van der Waals surface area contributed by atoms with Crippen molar-refractivity contribution in [3.8, 4) is 0 Å². The molecule has 1 aromatic heterocycles. The molecule has 138 valence electrons.